The molecule has 14 heavy (non-hydrogen) atoms. The van der Waals surface area contributed by atoms with Crippen LogP contribution >= 0.6 is 23.5 Å². The highest BCUT2D eigenvalue weighted by atomic mass is 32.2. The molecule has 3 heteroatoms. The second-order valence-corrected chi connectivity index (χ2v) is 6.98. The minimum Gasteiger partial charge on any atom is -0.377 e. The molecule has 1 heterocycles. The Morgan fingerprint density at radius 2 is 2.21 bits per heavy atom. The van der Waals surface area contributed by atoms with E-state index in [-0.39, 0.29) is 0 Å². The maximum Gasteiger partial charge on any atom is 0.0666 e. The summed E-state index contributed by atoms with van der Waals surface area (Å²) >= 11 is 4.34. The van der Waals surface area contributed by atoms with Gasteiger partial charge < -0.3 is 4.74 Å². The van der Waals surface area contributed by atoms with E-state index in [0.29, 0.717) is 4.08 Å². The minimum atomic E-state index is 0.578. The first-order valence-corrected chi connectivity index (χ1v) is 7.31. The standard InChI is InChI=1S/C11H18OS2/c1-2-3-5-12-9-10-8-11(10)13-6-4-7-14-11/h2-3,10H,4-9H2,1H3/b3-2+. The molecule has 2 rings (SSSR count). The fourth-order valence-corrected chi connectivity index (χ4v) is 5.32. The average molecular weight is 230 g/mol. The van der Waals surface area contributed by atoms with Crippen molar-refractivity contribution in [3.8, 4) is 0 Å². The molecule has 1 aliphatic heterocycles. The third-order valence-electron chi connectivity index (χ3n) is 2.74. The monoisotopic (exact) mass is 230 g/mol. The highest BCUT2D eigenvalue weighted by Gasteiger charge is 2.55. The number of ether oxygens (including phenoxy) is 1. The van der Waals surface area contributed by atoms with E-state index in [0.717, 1.165) is 19.1 Å². The van der Waals surface area contributed by atoms with Crippen molar-refractivity contribution in [3.05, 3.63) is 12.2 Å². The molecule has 80 valence electrons. The van der Waals surface area contributed by atoms with Crippen LogP contribution in [0.4, 0.5) is 0 Å². The van der Waals surface area contributed by atoms with E-state index in [9.17, 15) is 0 Å². The minimum absolute atomic E-state index is 0.578. The largest absolute Gasteiger partial charge is 0.377 e. The van der Waals surface area contributed by atoms with Crippen LogP contribution in [-0.4, -0.2) is 28.8 Å². The van der Waals surface area contributed by atoms with E-state index >= 15 is 0 Å². The lowest BCUT2D eigenvalue weighted by molar-refractivity contribution is 0.151. The fourth-order valence-electron chi connectivity index (χ4n) is 1.79. The lowest BCUT2D eigenvalue weighted by atomic mass is 10.4. The maximum absolute atomic E-state index is 5.61. The van der Waals surface area contributed by atoms with Crippen molar-refractivity contribution in [1.82, 2.24) is 0 Å². The third kappa shape index (κ3) is 2.50. The van der Waals surface area contributed by atoms with Gasteiger partial charge in [-0.05, 0) is 31.3 Å². The number of hydrogen-bond acceptors (Lipinski definition) is 3. The van der Waals surface area contributed by atoms with Crippen molar-refractivity contribution in [2.75, 3.05) is 24.7 Å². The van der Waals surface area contributed by atoms with Gasteiger partial charge in [0.05, 0.1) is 17.3 Å². The van der Waals surface area contributed by atoms with Crippen LogP contribution in [0.15, 0.2) is 12.2 Å². The van der Waals surface area contributed by atoms with Crippen LogP contribution in [0.3, 0.4) is 0 Å². The second kappa shape index (κ2) is 4.95. The van der Waals surface area contributed by atoms with Crippen molar-refractivity contribution in [3.63, 3.8) is 0 Å². The van der Waals surface area contributed by atoms with Gasteiger partial charge in [-0.15, -0.1) is 23.5 Å². The van der Waals surface area contributed by atoms with Gasteiger partial charge in [-0.1, -0.05) is 12.2 Å². The van der Waals surface area contributed by atoms with Crippen LogP contribution in [0.25, 0.3) is 0 Å². The maximum atomic E-state index is 5.61. The highest BCUT2D eigenvalue weighted by Crippen LogP contribution is 2.63. The summed E-state index contributed by atoms with van der Waals surface area (Å²) in [4.78, 5) is 0. The van der Waals surface area contributed by atoms with Gasteiger partial charge in [-0.25, -0.2) is 0 Å². The van der Waals surface area contributed by atoms with Gasteiger partial charge in [0.25, 0.3) is 0 Å². The lowest BCUT2D eigenvalue weighted by Crippen LogP contribution is -2.12. The first kappa shape index (κ1) is 10.9. The molecule has 0 N–H and O–H groups in total. The van der Waals surface area contributed by atoms with E-state index in [2.05, 4.69) is 29.6 Å². The van der Waals surface area contributed by atoms with E-state index < -0.39 is 0 Å². The molecule has 1 saturated heterocycles. The number of allylic oxidation sites excluding steroid dienone is 1. The molecule has 2 fully saturated rings. The molecule has 1 atom stereocenters. The summed E-state index contributed by atoms with van der Waals surface area (Å²) in [5.41, 5.74) is 0. The van der Waals surface area contributed by atoms with E-state index in [1.54, 1.807) is 0 Å². The van der Waals surface area contributed by atoms with Gasteiger partial charge in [0.2, 0.25) is 0 Å². The lowest BCUT2D eigenvalue weighted by Gasteiger charge is -2.21. The predicted octanol–water partition coefficient (Wildman–Crippen LogP) is 3.17. The first-order valence-electron chi connectivity index (χ1n) is 5.34. The Labute approximate surface area is 95.0 Å². The summed E-state index contributed by atoms with van der Waals surface area (Å²) in [6.07, 6.45) is 6.89. The van der Waals surface area contributed by atoms with Gasteiger partial charge in [0.1, 0.15) is 0 Å². The molecule has 1 aliphatic carbocycles. The Balaban J connectivity index is 1.65. The van der Waals surface area contributed by atoms with E-state index in [4.69, 9.17) is 4.74 Å². The van der Waals surface area contributed by atoms with Crippen molar-refractivity contribution in [1.29, 1.82) is 0 Å². The summed E-state index contributed by atoms with van der Waals surface area (Å²) in [7, 11) is 0. The van der Waals surface area contributed by atoms with E-state index in [1.165, 1.54) is 24.3 Å². The van der Waals surface area contributed by atoms with Crippen LogP contribution in [0.1, 0.15) is 19.8 Å². The van der Waals surface area contributed by atoms with Gasteiger partial charge in [0.15, 0.2) is 0 Å². The Morgan fingerprint density at radius 1 is 1.43 bits per heavy atom. The van der Waals surface area contributed by atoms with Gasteiger partial charge in [-0.2, -0.15) is 0 Å². The fraction of sp³-hybridized carbons (Fsp3) is 0.818. The molecule has 0 bridgehead atoms. The zero-order valence-electron chi connectivity index (χ0n) is 8.70. The highest BCUT2D eigenvalue weighted by molar-refractivity contribution is 8.19. The average Bonchev–Trinajstić information content (AvgIpc) is 2.87. The SMILES string of the molecule is C/C=C/COCC1CC12SCCCS2. The zero-order valence-corrected chi connectivity index (χ0v) is 10.3. The molecule has 0 aromatic rings. The van der Waals surface area contributed by atoms with Crippen molar-refractivity contribution < 1.29 is 4.74 Å². The van der Waals surface area contributed by atoms with Crippen molar-refractivity contribution in [2.24, 2.45) is 5.92 Å². The number of thioether (sulfide) groups is 2. The molecule has 1 unspecified atom stereocenters. The zero-order chi connectivity index (χ0) is 9.86. The molecule has 0 aromatic heterocycles. The predicted molar refractivity (Wildman–Crippen MR) is 66.0 cm³/mol. The molecule has 1 nitrogen and oxygen atoms in total. The smallest absolute Gasteiger partial charge is 0.0666 e. The van der Waals surface area contributed by atoms with Crippen molar-refractivity contribution in [2.45, 2.75) is 23.8 Å². The summed E-state index contributed by atoms with van der Waals surface area (Å²) in [6, 6.07) is 0. The Hall–Kier alpha value is 0.400. The number of hydrogen-bond donors (Lipinski definition) is 0. The summed E-state index contributed by atoms with van der Waals surface area (Å²) in [5, 5.41) is 0. The van der Waals surface area contributed by atoms with Crippen LogP contribution in [0.2, 0.25) is 0 Å². The molecular weight excluding hydrogens is 212 g/mol. The topological polar surface area (TPSA) is 9.23 Å². The van der Waals surface area contributed by atoms with Crippen LogP contribution in [-0.2, 0) is 4.74 Å². The molecular formula is C11H18OS2. The normalized spacial score (nSPS) is 29.9. The third-order valence-corrected chi connectivity index (χ3v) is 6.41. The molecule has 0 amide bonds. The summed E-state index contributed by atoms with van der Waals surface area (Å²) in [6.45, 7) is 3.79. The molecule has 2 aliphatic rings. The van der Waals surface area contributed by atoms with Gasteiger partial charge >= 0.3 is 0 Å². The van der Waals surface area contributed by atoms with Crippen LogP contribution in [0, 0.1) is 5.92 Å². The molecule has 1 saturated carbocycles. The van der Waals surface area contributed by atoms with Gasteiger partial charge in [0, 0.05) is 5.92 Å². The summed E-state index contributed by atoms with van der Waals surface area (Å²) in [5.74, 6) is 3.54. The molecule has 0 radical (unpaired) electrons. The molecule has 1 spiro atoms. The Bertz CT molecular complexity index is 209. The Kier molecular flexibility index (Phi) is 3.86. The Morgan fingerprint density at radius 3 is 2.93 bits per heavy atom. The summed E-state index contributed by atoms with van der Waals surface area (Å²) < 4.78 is 6.19. The quantitative estimate of drug-likeness (QED) is 0.542. The second-order valence-electron chi connectivity index (χ2n) is 3.87. The van der Waals surface area contributed by atoms with Crippen LogP contribution in [0.5, 0.6) is 0 Å². The van der Waals surface area contributed by atoms with Crippen LogP contribution < -0.4 is 0 Å². The van der Waals surface area contributed by atoms with Crippen molar-refractivity contribution >= 4 is 23.5 Å². The van der Waals surface area contributed by atoms with E-state index in [1.807, 2.05) is 13.0 Å². The number of rotatable bonds is 4. The van der Waals surface area contributed by atoms with Gasteiger partial charge in [-0.3, -0.25) is 0 Å². The first-order chi connectivity index (χ1) is 6.87. The molecule has 0 aromatic carbocycles.